The highest BCUT2D eigenvalue weighted by Crippen LogP contribution is 2.29. The molecule has 0 bridgehead atoms. The van der Waals surface area contributed by atoms with E-state index in [1.54, 1.807) is 25.3 Å². The highest BCUT2D eigenvalue weighted by Gasteiger charge is 2.15. The van der Waals surface area contributed by atoms with Crippen molar-refractivity contribution < 1.29 is 23.8 Å². The maximum Gasteiger partial charge on any atom is 0.356 e. The Morgan fingerprint density at radius 3 is 2.54 bits per heavy atom. The highest BCUT2D eigenvalue weighted by atomic mass is 16.5. The quantitative estimate of drug-likeness (QED) is 0.634. The molecule has 1 heterocycles. The van der Waals surface area contributed by atoms with Crippen LogP contribution in [0, 0.1) is 0 Å². The molecule has 1 N–H and O–H groups in total. The third-order valence-corrected chi connectivity index (χ3v) is 4.06. The lowest BCUT2D eigenvalue weighted by molar-refractivity contribution is -0.123. The van der Waals surface area contributed by atoms with Gasteiger partial charge in [0.1, 0.15) is 11.5 Å². The molecule has 0 radical (unpaired) electrons. The van der Waals surface area contributed by atoms with Gasteiger partial charge in [-0.3, -0.25) is 4.79 Å². The fourth-order valence-corrected chi connectivity index (χ4v) is 2.62. The van der Waals surface area contributed by atoms with Gasteiger partial charge in [0.15, 0.2) is 12.3 Å². The Labute approximate surface area is 162 Å². The van der Waals surface area contributed by atoms with Gasteiger partial charge in [0, 0.05) is 18.0 Å². The summed E-state index contributed by atoms with van der Waals surface area (Å²) in [6.07, 6.45) is 0. The summed E-state index contributed by atoms with van der Waals surface area (Å²) in [6, 6.07) is 16.2. The molecule has 7 heteroatoms. The van der Waals surface area contributed by atoms with Crippen molar-refractivity contribution in [3.63, 3.8) is 0 Å². The SMILES string of the molecule is COC(=O)c1cc(OCC(=O)NCc2ccccc2)c2cc(OC)ccc2n1. The minimum atomic E-state index is -0.587. The van der Waals surface area contributed by atoms with Crippen LogP contribution in [0.4, 0.5) is 0 Å². The molecular formula is C21H20N2O5. The summed E-state index contributed by atoms with van der Waals surface area (Å²) in [7, 11) is 2.83. The van der Waals surface area contributed by atoms with Gasteiger partial charge in [-0.2, -0.15) is 0 Å². The number of nitrogens with one attached hydrogen (secondary N) is 1. The lowest BCUT2D eigenvalue weighted by Crippen LogP contribution is -2.28. The number of benzene rings is 2. The van der Waals surface area contributed by atoms with Crippen molar-refractivity contribution in [1.82, 2.24) is 10.3 Å². The predicted molar refractivity (Wildman–Crippen MR) is 103 cm³/mol. The molecule has 2 aromatic carbocycles. The Hall–Kier alpha value is -3.61. The number of pyridine rings is 1. The summed E-state index contributed by atoms with van der Waals surface area (Å²) in [4.78, 5) is 28.3. The second-order valence-corrected chi connectivity index (χ2v) is 5.93. The molecule has 0 aliphatic rings. The van der Waals surface area contributed by atoms with Crippen LogP contribution in [0.25, 0.3) is 10.9 Å². The molecule has 0 saturated carbocycles. The van der Waals surface area contributed by atoms with E-state index in [4.69, 9.17) is 14.2 Å². The van der Waals surface area contributed by atoms with E-state index < -0.39 is 5.97 Å². The average Bonchev–Trinajstić information content (AvgIpc) is 2.75. The fraction of sp³-hybridized carbons (Fsp3) is 0.190. The molecule has 7 nitrogen and oxygen atoms in total. The van der Waals surface area contributed by atoms with Gasteiger partial charge in [0.05, 0.1) is 19.7 Å². The molecule has 3 aromatic rings. The first-order chi connectivity index (χ1) is 13.6. The second kappa shape index (κ2) is 8.85. The van der Waals surface area contributed by atoms with Crippen LogP contribution in [0.2, 0.25) is 0 Å². The van der Waals surface area contributed by atoms with Crippen LogP contribution in [-0.2, 0) is 16.1 Å². The summed E-state index contributed by atoms with van der Waals surface area (Å²) in [5.74, 6) is 0.0880. The molecule has 0 aliphatic heterocycles. The van der Waals surface area contributed by atoms with Gasteiger partial charge >= 0.3 is 5.97 Å². The van der Waals surface area contributed by atoms with Gasteiger partial charge in [-0.25, -0.2) is 9.78 Å². The molecule has 0 spiro atoms. The van der Waals surface area contributed by atoms with Crippen molar-refractivity contribution >= 4 is 22.8 Å². The van der Waals surface area contributed by atoms with Crippen LogP contribution in [0.5, 0.6) is 11.5 Å². The maximum atomic E-state index is 12.2. The lowest BCUT2D eigenvalue weighted by atomic mass is 10.1. The molecule has 0 aliphatic carbocycles. The second-order valence-electron chi connectivity index (χ2n) is 5.93. The number of fused-ring (bicyclic) bond motifs is 1. The van der Waals surface area contributed by atoms with Gasteiger partial charge in [-0.1, -0.05) is 30.3 Å². The van der Waals surface area contributed by atoms with Crippen LogP contribution in [0.3, 0.4) is 0 Å². The number of methoxy groups -OCH3 is 2. The van der Waals surface area contributed by atoms with E-state index in [9.17, 15) is 9.59 Å². The van der Waals surface area contributed by atoms with E-state index in [1.807, 2.05) is 30.3 Å². The van der Waals surface area contributed by atoms with Crippen LogP contribution >= 0.6 is 0 Å². The fourth-order valence-electron chi connectivity index (χ4n) is 2.62. The molecule has 0 unspecified atom stereocenters. The normalized spacial score (nSPS) is 10.4. The predicted octanol–water partition coefficient (Wildman–Crippen LogP) is 2.73. The Balaban J connectivity index is 1.77. The largest absolute Gasteiger partial charge is 0.497 e. The summed E-state index contributed by atoms with van der Waals surface area (Å²) in [5, 5.41) is 3.42. The zero-order chi connectivity index (χ0) is 19.9. The third-order valence-electron chi connectivity index (χ3n) is 4.06. The molecule has 1 amide bonds. The number of rotatable bonds is 7. The number of amides is 1. The molecule has 144 valence electrons. The molecular weight excluding hydrogens is 360 g/mol. The van der Waals surface area contributed by atoms with E-state index in [-0.39, 0.29) is 18.2 Å². The van der Waals surface area contributed by atoms with Crippen molar-refractivity contribution in [2.75, 3.05) is 20.8 Å². The van der Waals surface area contributed by atoms with Crippen molar-refractivity contribution in [1.29, 1.82) is 0 Å². The zero-order valence-electron chi connectivity index (χ0n) is 15.6. The molecule has 0 atom stereocenters. The van der Waals surface area contributed by atoms with Gasteiger partial charge in [0.2, 0.25) is 0 Å². The number of esters is 1. The van der Waals surface area contributed by atoms with E-state index >= 15 is 0 Å². The minimum Gasteiger partial charge on any atom is -0.497 e. The summed E-state index contributed by atoms with van der Waals surface area (Å²) < 4.78 is 15.7. The molecule has 0 saturated heterocycles. The van der Waals surface area contributed by atoms with Crippen molar-refractivity contribution in [3.8, 4) is 11.5 Å². The summed E-state index contributed by atoms with van der Waals surface area (Å²) in [5.41, 5.74) is 1.62. The number of carbonyl (C=O) groups is 2. The average molecular weight is 380 g/mol. The van der Waals surface area contributed by atoms with Crippen LogP contribution in [0.15, 0.2) is 54.6 Å². The Morgan fingerprint density at radius 1 is 1.04 bits per heavy atom. The van der Waals surface area contributed by atoms with Crippen LogP contribution in [0.1, 0.15) is 16.1 Å². The van der Waals surface area contributed by atoms with Crippen molar-refractivity contribution in [2.24, 2.45) is 0 Å². The van der Waals surface area contributed by atoms with Gasteiger partial charge < -0.3 is 19.5 Å². The minimum absolute atomic E-state index is 0.0971. The Morgan fingerprint density at radius 2 is 1.82 bits per heavy atom. The van der Waals surface area contributed by atoms with E-state index in [1.165, 1.54) is 13.2 Å². The molecule has 28 heavy (non-hydrogen) atoms. The summed E-state index contributed by atoms with van der Waals surface area (Å²) in [6.45, 7) is 0.200. The highest BCUT2D eigenvalue weighted by molar-refractivity contribution is 5.94. The monoisotopic (exact) mass is 380 g/mol. The standard InChI is InChI=1S/C21H20N2O5/c1-26-15-8-9-17-16(10-15)19(11-18(23-17)21(25)27-2)28-13-20(24)22-12-14-6-4-3-5-7-14/h3-11H,12-13H2,1-2H3,(H,22,24). The number of ether oxygens (including phenoxy) is 3. The zero-order valence-corrected chi connectivity index (χ0v) is 15.6. The summed E-state index contributed by atoms with van der Waals surface area (Å²) >= 11 is 0. The number of hydrogen-bond acceptors (Lipinski definition) is 6. The smallest absolute Gasteiger partial charge is 0.356 e. The Bertz CT molecular complexity index is 989. The number of hydrogen-bond donors (Lipinski definition) is 1. The number of nitrogens with zero attached hydrogens (tertiary/aromatic N) is 1. The van der Waals surface area contributed by atoms with E-state index in [0.717, 1.165) is 5.56 Å². The first-order valence-corrected chi connectivity index (χ1v) is 8.61. The van der Waals surface area contributed by atoms with E-state index in [2.05, 4.69) is 10.3 Å². The van der Waals surface area contributed by atoms with Crippen molar-refractivity contribution in [2.45, 2.75) is 6.54 Å². The van der Waals surface area contributed by atoms with Gasteiger partial charge in [0.25, 0.3) is 5.91 Å². The van der Waals surface area contributed by atoms with Crippen LogP contribution in [-0.4, -0.2) is 37.7 Å². The molecule has 0 fully saturated rings. The van der Waals surface area contributed by atoms with Crippen LogP contribution < -0.4 is 14.8 Å². The number of aromatic nitrogens is 1. The Kier molecular flexibility index (Phi) is 6.06. The maximum absolute atomic E-state index is 12.2. The van der Waals surface area contributed by atoms with E-state index in [0.29, 0.717) is 28.9 Å². The van der Waals surface area contributed by atoms with Gasteiger partial charge in [-0.15, -0.1) is 0 Å². The van der Waals surface area contributed by atoms with Crippen molar-refractivity contribution in [3.05, 3.63) is 65.9 Å². The first kappa shape index (κ1) is 19.2. The third kappa shape index (κ3) is 4.56. The molecule has 1 aromatic heterocycles. The first-order valence-electron chi connectivity index (χ1n) is 8.61. The lowest BCUT2D eigenvalue weighted by Gasteiger charge is -2.12. The number of carbonyl (C=O) groups excluding carboxylic acids is 2. The molecule has 3 rings (SSSR count). The van der Waals surface area contributed by atoms with Gasteiger partial charge in [-0.05, 0) is 23.8 Å². The topological polar surface area (TPSA) is 86.8 Å².